The van der Waals surface area contributed by atoms with Crippen molar-refractivity contribution in [3.63, 3.8) is 0 Å². The van der Waals surface area contributed by atoms with Crippen molar-refractivity contribution >= 4 is 64.8 Å². The van der Waals surface area contributed by atoms with E-state index in [0.29, 0.717) is 12.2 Å². The number of allylic oxidation sites excluding steroid dienone is 2. The number of nitrogens with one attached hydrogen (secondary N) is 1. The maximum absolute atomic E-state index is 13.3. The first-order chi connectivity index (χ1) is 45.2. The summed E-state index contributed by atoms with van der Waals surface area (Å²) >= 11 is 0. The first kappa shape index (κ1) is 69.9. The molecule has 0 radical (unpaired) electrons. The number of nitrogens with zero attached hydrogens (tertiary/aromatic N) is 1. The van der Waals surface area contributed by atoms with Gasteiger partial charge in [-0.2, -0.15) is 0 Å². The number of fused-ring (bicyclic) bond motifs is 10. The number of aliphatic hydroxyl groups excluding tert-OH is 2. The van der Waals surface area contributed by atoms with Crippen molar-refractivity contribution in [3.8, 4) is 23.0 Å². The second-order valence-corrected chi connectivity index (χ2v) is 26.1. The van der Waals surface area contributed by atoms with Crippen molar-refractivity contribution in [1.29, 1.82) is 0 Å². The van der Waals surface area contributed by atoms with Crippen LogP contribution in [0, 0.1) is 5.92 Å². The number of ketones is 8. The van der Waals surface area contributed by atoms with Crippen molar-refractivity contribution in [2.75, 3.05) is 20.3 Å². The van der Waals surface area contributed by atoms with E-state index in [2.05, 4.69) is 5.32 Å². The molecule has 30 heteroatoms. The molecule has 5 aliphatic heterocycles. The summed E-state index contributed by atoms with van der Waals surface area (Å²) in [6.45, 7) is 7.52. The Morgan fingerprint density at radius 1 is 0.649 bits per heavy atom. The van der Waals surface area contributed by atoms with Crippen molar-refractivity contribution in [3.05, 3.63) is 138 Å². The van der Waals surface area contributed by atoms with E-state index in [1.165, 1.54) is 52.1 Å². The Kier molecular flexibility index (Phi) is 18.1. The van der Waals surface area contributed by atoms with Crippen molar-refractivity contribution in [2.24, 2.45) is 28.9 Å². The Labute approximate surface area is 558 Å². The lowest BCUT2D eigenvalue weighted by molar-refractivity contribution is -0.247. The lowest BCUT2D eigenvalue weighted by Gasteiger charge is -2.42. The molecule has 16 atom stereocenters. The fourth-order valence-corrected chi connectivity index (χ4v) is 15.2. The molecule has 5 aliphatic carbocycles. The highest BCUT2D eigenvalue weighted by molar-refractivity contribution is 6.32. The second kappa shape index (κ2) is 25.2. The van der Waals surface area contributed by atoms with Gasteiger partial charge in [0.15, 0.2) is 53.0 Å². The summed E-state index contributed by atoms with van der Waals surface area (Å²) in [5.74, 6) is -7.45. The predicted molar refractivity (Wildman–Crippen MR) is 335 cm³/mol. The summed E-state index contributed by atoms with van der Waals surface area (Å²) in [5.41, 5.74) is 17.4. The first-order valence-corrected chi connectivity index (χ1v) is 31.1. The number of methoxy groups -OCH3 is 1. The highest BCUT2D eigenvalue weighted by atomic mass is 35.5. The van der Waals surface area contributed by atoms with E-state index in [1.807, 2.05) is 4.90 Å². The molecule has 14 rings (SSSR count). The van der Waals surface area contributed by atoms with Gasteiger partial charge in [-0.3, -0.25) is 38.4 Å². The Balaban J connectivity index is 0.000000150. The van der Waals surface area contributed by atoms with E-state index >= 15 is 0 Å². The van der Waals surface area contributed by atoms with Gasteiger partial charge in [0, 0.05) is 126 Å². The van der Waals surface area contributed by atoms with Gasteiger partial charge in [-0.25, -0.2) is 4.79 Å². The predicted octanol–water partition coefficient (Wildman–Crippen LogP) is 0.811. The molecule has 0 aromatic heterocycles. The highest BCUT2D eigenvalue weighted by Gasteiger charge is 2.73. The summed E-state index contributed by atoms with van der Waals surface area (Å²) in [4.78, 5) is 116. The number of amides is 1. The maximum Gasteiger partial charge on any atom is 0.404 e. The second-order valence-electron chi connectivity index (χ2n) is 26.1. The molecule has 0 spiro atoms. The summed E-state index contributed by atoms with van der Waals surface area (Å²) in [7, 11) is 1.52. The number of hydrogen-bond donors (Lipinski definition) is 13. The highest BCUT2D eigenvalue weighted by Crippen LogP contribution is 2.57. The number of phenols is 4. The van der Waals surface area contributed by atoms with Crippen molar-refractivity contribution < 1.29 is 112 Å². The molecule has 516 valence electrons. The summed E-state index contributed by atoms with van der Waals surface area (Å²) in [6, 6.07) is 10.9. The molecule has 29 nitrogen and oxygen atoms in total. The number of carbonyl (C=O) groups is 9. The molecule has 5 heterocycles. The lowest BCUT2D eigenvalue weighted by atomic mass is 9.72. The number of aliphatic hydroxyl groups is 4. The molecule has 0 unspecified atom stereocenters. The number of benzene rings is 4. The summed E-state index contributed by atoms with van der Waals surface area (Å²) in [6.07, 6.45) is -9.70. The zero-order valence-electron chi connectivity index (χ0n) is 53.1. The van der Waals surface area contributed by atoms with Crippen LogP contribution >= 0.6 is 12.4 Å². The number of nitrogens with two attached hydrogens (primary N) is 4. The molecule has 0 bridgehead atoms. The third-order valence-electron chi connectivity index (χ3n) is 20.5. The van der Waals surface area contributed by atoms with Gasteiger partial charge in [0.05, 0.1) is 82.2 Å². The van der Waals surface area contributed by atoms with Gasteiger partial charge in [0.2, 0.25) is 11.6 Å². The van der Waals surface area contributed by atoms with Gasteiger partial charge >= 0.3 is 6.09 Å². The minimum Gasteiger partial charge on any atom is -0.507 e. The molecule has 97 heavy (non-hydrogen) atoms. The quantitative estimate of drug-likeness (QED) is 0.0541. The van der Waals surface area contributed by atoms with Gasteiger partial charge in [0.25, 0.3) is 0 Å². The molecular weight excluding hydrogens is 1290 g/mol. The van der Waals surface area contributed by atoms with Gasteiger partial charge in [0.1, 0.15) is 40.8 Å². The summed E-state index contributed by atoms with van der Waals surface area (Å²) in [5, 5.41) is 90.9. The largest absolute Gasteiger partial charge is 0.507 e. The number of aromatic hydroxyl groups is 4. The van der Waals surface area contributed by atoms with Crippen molar-refractivity contribution in [1.82, 2.24) is 10.2 Å². The lowest BCUT2D eigenvalue weighted by Crippen LogP contribution is -2.55. The van der Waals surface area contributed by atoms with E-state index in [1.54, 1.807) is 38.1 Å². The van der Waals surface area contributed by atoms with E-state index in [9.17, 15) is 84.0 Å². The van der Waals surface area contributed by atoms with Gasteiger partial charge < -0.3 is 102 Å². The van der Waals surface area contributed by atoms with E-state index < -0.39 is 167 Å². The van der Waals surface area contributed by atoms with Crippen LogP contribution < -0.4 is 28.3 Å². The zero-order valence-corrected chi connectivity index (χ0v) is 54.0. The third-order valence-corrected chi connectivity index (χ3v) is 20.5. The number of halogens is 1. The van der Waals surface area contributed by atoms with E-state index in [0.717, 1.165) is 0 Å². The van der Waals surface area contributed by atoms with Crippen LogP contribution in [0.25, 0.3) is 0 Å². The third kappa shape index (κ3) is 11.0. The Morgan fingerprint density at radius 3 is 1.40 bits per heavy atom. The Bertz CT molecular complexity index is 3970. The van der Waals surface area contributed by atoms with Crippen LogP contribution in [-0.4, -0.2) is 196 Å². The minimum absolute atomic E-state index is 0. The Morgan fingerprint density at radius 2 is 1.04 bits per heavy atom. The molecule has 4 fully saturated rings. The van der Waals surface area contributed by atoms with Crippen LogP contribution in [-0.2, 0) is 60.4 Å². The topological polar surface area (TPSA) is 500 Å². The number of primary amides is 1. The number of rotatable bonds is 9. The van der Waals surface area contributed by atoms with Gasteiger partial charge in [-0.1, -0.05) is 48.5 Å². The average Bonchev–Trinajstić information content (AvgIpc) is 1.54. The van der Waals surface area contributed by atoms with Gasteiger partial charge in [-0.05, 0) is 34.6 Å². The number of phenolic OH excluding ortho intramolecular Hbond substituents is 4. The van der Waals surface area contributed by atoms with E-state index in [-0.39, 0.29) is 146 Å². The summed E-state index contributed by atoms with van der Waals surface area (Å²) < 4.78 is 34.3. The van der Waals surface area contributed by atoms with Crippen molar-refractivity contribution in [2.45, 2.75) is 163 Å². The van der Waals surface area contributed by atoms with Crippen LogP contribution in [0.2, 0.25) is 0 Å². The fraction of sp³-hybridized carbons (Fsp3) is 0.448. The molecule has 1 amide bonds. The van der Waals surface area contributed by atoms with Crippen LogP contribution in [0.15, 0.2) is 71.1 Å². The maximum atomic E-state index is 13.3. The first-order valence-electron chi connectivity index (χ1n) is 31.1. The number of ether oxygens (including phenoxy) is 6. The minimum atomic E-state index is -1.97. The normalized spacial score (nSPS) is 32.4. The number of piperazine rings is 1. The molecule has 0 saturated carbocycles. The monoisotopic (exact) mass is 1360 g/mol. The number of hydrogen-bond acceptors (Lipinski definition) is 28. The molecule has 10 aliphatic rings. The average molecular weight is 1370 g/mol. The number of Topliss-reactive ketones (excluding diaryl/α,β-unsaturated/α-hetero) is 4. The van der Waals surface area contributed by atoms with Crippen LogP contribution in [0.1, 0.15) is 158 Å². The van der Waals surface area contributed by atoms with E-state index in [4.69, 9.17) is 51.4 Å². The van der Waals surface area contributed by atoms with Crippen LogP contribution in [0.5, 0.6) is 23.0 Å². The SMILES string of the molecule is CC(=O)[C@]1(O)Cc2c(O)c3c(c(O)c2[C@@H](O[C@H]2C[C@H](N)[C@H](O)[C@H](C)O2)C1)C(=O)c1ccccc1C3=O.CC(=O)[C@]1(O)Cc2c(O)c3c(c(O)c2[C@@H](O[C@H]2C[C@H](N)[C@H](O)[C@H](C)O2)C1)C(=O)c1ccccc1C3=O.CO[C@@]12[C@H](COC(N)=O)C3=C(C(=O)C(C)=C(N)C3=O)N1C[C@@H]1N[C@@H]12.Cl. The standard InChI is InChI=1S/2C26H27NO9.C15H18N4O5.ClH/c2*1-10-21(29)15(27)7-17(35-10)36-16-9-26(34,11(2)28)8-14-18(16)25(33)20-19(24(14)32)22(30)12-5-3-4-6-13(12)23(20)31;1-5-9(16)12(21)8-6(4-24-14(17)22)15(23-2)13-7(18-13)3-19(15)10(8)11(5)20;/h2*3-6,10,15-17,21,29,32-34H,7-9,27H2,1-2H3;6-7,13,18H,3-4,16H2,1-2H3,(H2,17,22);1H/t2*10-,15-,16-,17-,21+,26-;6-,7+,13+,15-;/m001./s1. The Hall–Kier alpha value is -8.40. The van der Waals surface area contributed by atoms with Crippen LogP contribution in [0.4, 0.5) is 4.79 Å². The number of carbonyl (C=O) groups excluding carboxylic acids is 9. The van der Waals surface area contributed by atoms with Crippen LogP contribution in [0.3, 0.4) is 0 Å². The molecule has 4 saturated heterocycles. The zero-order chi connectivity index (χ0) is 69.6. The molecule has 4 aromatic rings. The molecule has 4 aromatic carbocycles. The van der Waals surface area contributed by atoms with Gasteiger partial charge in [-0.15, -0.1) is 12.4 Å². The molecular formula is C67H73ClN6O23. The fourth-order valence-electron chi connectivity index (χ4n) is 15.2. The smallest absolute Gasteiger partial charge is 0.404 e. The molecule has 17 N–H and O–H groups in total.